The number of halogens is 3. The molecule has 0 saturated heterocycles. The van der Waals surface area contributed by atoms with Crippen molar-refractivity contribution in [2.75, 3.05) is 25.9 Å². The van der Waals surface area contributed by atoms with Crippen LogP contribution in [0, 0.1) is 5.82 Å². The van der Waals surface area contributed by atoms with E-state index in [2.05, 4.69) is 15.6 Å². The van der Waals surface area contributed by atoms with E-state index in [9.17, 15) is 12.8 Å². The number of nitrogens with one attached hydrogen (secondary N) is 2. The number of aliphatic imine (C=N–C) groups is 1. The average molecular weight is 526 g/mol. The molecule has 27 heavy (non-hydrogen) atoms. The molecule has 0 bridgehead atoms. The van der Waals surface area contributed by atoms with Gasteiger partial charge in [-0.15, -0.1) is 24.0 Å². The van der Waals surface area contributed by atoms with Crippen molar-refractivity contribution >= 4 is 51.4 Å². The third-order valence-corrected chi connectivity index (χ3v) is 5.81. The number of rotatable bonds is 7. The Morgan fingerprint density at radius 3 is 2.37 bits per heavy atom. The van der Waals surface area contributed by atoms with E-state index in [1.807, 2.05) is 24.3 Å². The molecule has 0 aliphatic heterocycles. The van der Waals surface area contributed by atoms with Gasteiger partial charge in [-0.2, -0.15) is 0 Å². The molecule has 0 fully saturated rings. The second-order valence-corrected chi connectivity index (χ2v) is 8.00. The van der Waals surface area contributed by atoms with E-state index in [4.69, 9.17) is 11.6 Å². The van der Waals surface area contributed by atoms with E-state index in [1.54, 1.807) is 7.05 Å². The van der Waals surface area contributed by atoms with Crippen molar-refractivity contribution in [2.45, 2.75) is 11.3 Å². The van der Waals surface area contributed by atoms with Crippen LogP contribution in [0.3, 0.4) is 0 Å². The summed E-state index contributed by atoms with van der Waals surface area (Å²) in [7, 11) is -2.11. The first-order valence-electron chi connectivity index (χ1n) is 8.09. The van der Waals surface area contributed by atoms with Crippen LogP contribution in [-0.4, -0.2) is 40.3 Å². The van der Waals surface area contributed by atoms with Gasteiger partial charge in [0.15, 0.2) is 15.8 Å². The maximum atomic E-state index is 13.7. The van der Waals surface area contributed by atoms with E-state index < -0.39 is 15.7 Å². The summed E-state index contributed by atoms with van der Waals surface area (Å²) in [6, 6.07) is 12.9. The lowest BCUT2D eigenvalue weighted by molar-refractivity contribution is 0.566. The molecule has 9 heteroatoms. The van der Waals surface area contributed by atoms with Gasteiger partial charge in [0.1, 0.15) is 10.7 Å². The van der Waals surface area contributed by atoms with Crippen LogP contribution in [-0.2, 0) is 16.3 Å². The maximum absolute atomic E-state index is 13.7. The van der Waals surface area contributed by atoms with Gasteiger partial charge in [0.2, 0.25) is 0 Å². The molecule has 0 saturated carbocycles. The molecule has 0 radical (unpaired) electrons. The third kappa shape index (κ3) is 7.27. The fourth-order valence-electron chi connectivity index (χ4n) is 2.35. The highest BCUT2D eigenvalue weighted by molar-refractivity contribution is 14.0. The maximum Gasteiger partial charge on any atom is 0.191 e. The van der Waals surface area contributed by atoms with Crippen LogP contribution in [0.2, 0.25) is 5.02 Å². The fraction of sp³-hybridized carbons (Fsp3) is 0.278. The molecule has 0 aromatic heterocycles. The summed E-state index contributed by atoms with van der Waals surface area (Å²) in [5, 5.41) is 6.72. The molecular formula is C18H22ClFIN3O2S. The molecule has 0 unspecified atom stereocenters. The second-order valence-electron chi connectivity index (χ2n) is 5.52. The normalized spacial score (nSPS) is 11.6. The minimum Gasteiger partial charge on any atom is -0.356 e. The third-order valence-electron chi connectivity index (χ3n) is 3.70. The summed E-state index contributed by atoms with van der Waals surface area (Å²) in [6.07, 6.45) is 0.702. The lowest BCUT2D eigenvalue weighted by Gasteiger charge is -2.12. The second kappa shape index (κ2) is 11.5. The van der Waals surface area contributed by atoms with Crippen LogP contribution in [0.1, 0.15) is 5.56 Å². The number of sulfone groups is 1. The largest absolute Gasteiger partial charge is 0.356 e. The molecule has 2 aromatic carbocycles. The van der Waals surface area contributed by atoms with Gasteiger partial charge in [0.25, 0.3) is 0 Å². The van der Waals surface area contributed by atoms with Gasteiger partial charge in [-0.05, 0) is 30.2 Å². The zero-order chi connectivity index (χ0) is 19.0. The quantitative estimate of drug-likeness (QED) is 0.331. The number of hydrogen-bond donors (Lipinski definition) is 2. The molecule has 5 nitrogen and oxygen atoms in total. The molecule has 2 N–H and O–H groups in total. The predicted octanol–water partition coefficient (Wildman–Crippen LogP) is 3.28. The summed E-state index contributed by atoms with van der Waals surface area (Å²) in [5.74, 6) is -0.505. The van der Waals surface area contributed by atoms with Crippen molar-refractivity contribution in [3.8, 4) is 0 Å². The standard InChI is InChI=1S/C18H21ClFN3O2S.HI/c1-21-18(22-11-10-14-6-2-3-7-15(14)19)23-12-13-26(24,25)17-9-5-4-8-16(17)20;/h2-9H,10-13H2,1H3,(H2,21,22,23);1H. The van der Waals surface area contributed by atoms with Crippen molar-refractivity contribution in [3.63, 3.8) is 0 Å². The van der Waals surface area contributed by atoms with Crippen molar-refractivity contribution in [3.05, 3.63) is 64.9 Å². The highest BCUT2D eigenvalue weighted by Gasteiger charge is 2.18. The molecule has 0 atom stereocenters. The van der Waals surface area contributed by atoms with E-state index in [-0.39, 0.29) is 41.2 Å². The van der Waals surface area contributed by atoms with Gasteiger partial charge >= 0.3 is 0 Å². The summed E-state index contributed by atoms with van der Waals surface area (Å²) in [6.45, 7) is 0.700. The predicted molar refractivity (Wildman–Crippen MR) is 118 cm³/mol. The number of hydrogen-bond acceptors (Lipinski definition) is 3. The van der Waals surface area contributed by atoms with Gasteiger partial charge in [-0.1, -0.05) is 41.9 Å². The Morgan fingerprint density at radius 2 is 1.70 bits per heavy atom. The molecule has 0 spiro atoms. The summed E-state index contributed by atoms with van der Waals surface area (Å²) in [5.41, 5.74) is 1.01. The first-order chi connectivity index (χ1) is 12.4. The van der Waals surface area contributed by atoms with Gasteiger partial charge in [0, 0.05) is 25.2 Å². The first kappa shape index (κ1) is 23.6. The molecule has 0 heterocycles. The smallest absolute Gasteiger partial charge is 0.191 e. The van der Waals surface area contributed by atoms with Gasteiger partial charge in [0.05, 0.1) is 5.75 Å². The Balaban J connectivity index is 0.00000364. The van der Waals surface area contributed by atoms with Crippen molar-refractivity contribution in [1.29, 1.82) is 0 Å². The zero-order valence-electron chi connectivity index (χ0n) is 14.8. The highest BCUT2D eigenvalue weighted by Crippen LogP contribution is 2.15. The number of guanidine groups is 1. The van der Waals surface area contributed by atoms with Crippen molar-refractivity contribution in [1.82, 2.24) is 10.6 Å². The fourth-order valence-corrected chi connectivity index (χ4v) is 3.82. The van der Waals surface area contributed by atoms with Gasteiger partial charge in [-0.3, -0.25) is 4.99 Å². The van der Waals surface area contributed by atoms with E-state index in [0.29, 0.717) is 23.9 Å². The Labute approximate surface area is 181 Å². The van der Waals surface area contributed by atoms with Crippen LogP contribution in [0.4, 0.5) is 4.39 Å². The van der Waals surface area contributed by atoms with Crippen LogP contribution in [0.25, 0.3) is 0 Å². The Kier molecular flexibility index (Phi) is 10.0. The van der Waals surface area contributed by atoms with Crippen molar-refractivity contribution < 1.29 is 12.8 Å². The molecule has 0 aliphatic rings. The lowest BCUT2D eigenvalue weighted by atomic mass is 10.1. The topological polar surface area (TPSA) is 70.6 Å². The average Bonchev–Trinajstić information content (AvgIpc) is 2.62. The number of nitrogens with zero attached hydrogens (tertiary/aromatic N) is 1. The number of benzene rings is 2. The van der Waals surface area contributed by atoms with Crippen LogP contribution in [0.15, 0.2) is 58.4 Å². The minimum atomic E-state index is -3.70. The molecule has 0 aliphatic carbocycles. The molecule has 148 valence electrons. The zero-order valence-corrected chi connectivity index (χ0v) is 18.7. The van der Waals surface area contributed by atoms with Crippen LogP contribution >= 0.6 is 35.6 Å². The summed E-state index contributed by atoms with van der Waals surface area (Å²) >= 11 is 6.11. The van der Waals surface area contributed by atoms with Crippen molar-refractivity contribution in [2.24, 2.45) is 4.99 Å². The minimum absolute atomic E-state index is 0. The lowest BCUT2D eigenvalue weighted by Crippen LogP contribution is -2.40. The van der Waals surface area contributed by atoms with Crippen LogP contribution < -0.4 is 10.6 Å². The molecular weight excluding hydrogens is 504 g/mol. The van der Waals surface area contributed by atoms with Gasteiger partial charge in [-0.25, -0.2) is 12.8 Å². The van der Waals surface area contributed by atoms with E-state index >= 15 is 0 Å². The van der Waals surface area contributed by atoms with Gasteiger partial charge < -0.3 is 10.6 Å². The molecule has 2 aromatic rings. The SMILES string of the molecule is CN=C(NCCc1ccccc1Cl)NCCS(=O)(=O)c1ccccc1F.I. The van der Waals surface area contributed by atoms with E-state index in [1.165, 1.54) is 18.2 Å². The monoisotopic (exact) mass is 525 g/mol. The Hall–Kier alpha value is -1.39. The summed E-state index contributed by atoms with van der Waals surface area (Å²) < 4.78 is 38.1. The molecule has 0 amide bonds. The Morgan fingerprint density at radius 1 is 1.07 bits per heavy atom. The highest BCUT2D eigenvalue weighted by atomic mass is 127. The molecule has 2 rings (SSSR count). The van der Waals surface area contributed by atoms with Crippen LogP contribution in [0.5, 0.6) is 0 Å². The first-order valence-corrected chi connectivity index (χ1v) is 10.1. The Bertz CT molecular complexity index is 878. The summed E-state index contributed by atoms with van der Waals surface area (Å²) in [4.78, 5) is 3.76. The van der Waals surface area contributed by atoms with E-state index in [0.717, 1.165) is 11.6 Å².